The van der Waals surface area contributed by atoms with E-state index in [0.717, 1.165) is 0 Å². The van der Waals surface area contributed by atoms with Crippen molar-refractivity contribution in [3.05, 3.63) is 0 Å². The zero-order valence-electron chi connectivity index (χ0n) is 4.75. The molecule has 0 N–H and O–H groups in total. The Hall–Kier alpha value is 2.16. The largest absolute Gasteiger partial charge is 1.00 e. The van der Waals surface area contributed by atoms with Gasteiger partial charge in [0.1, 0.15) is 0 Å². The van der Waals surface area contributed by atoms with Gasteiger partial charge in [-0.05, 0) is 5.87 Å². The maximum Gasteiger partial charge on any atom is 1.00 e. The first-order valence-corrected chi connectivity index (χ1v) is 3.87. The van der Waals surface area contributed by atoms with Gasteiger partial charge in [0.05, 0.1) is 0 Å². The Balaban J connectivity index is -0.000000125. The monoisotopic (exact) mass is 172 g/mol. The Morgan fingerprint density at radius 1 is 1.38 bits per heavy atom. The summed E-state index contributed by atoms with van der Waals surface area (Å²) in [5, 5.41) is 0. The van der Waals surface area contributed by atoms with Crippen molar-refractivity contribution in [3.8, 4) is 0 Å². The minimum absolute atomic E-state index is 0. The smallest absolute Gasteiger partial charge is 0.781 e. The van der Waals surface area contributed by atoms with E-state index in [9.17, 15) is 13.3 Å². The Kier molecular flexibility index (Phi) is 15.1. The third-order valence-electron chi connectivity index (χ3n) is 0.144. The molecule has 0 atom stereocenters. The molecule has 38 valence electrons. The summed E-state index contributed by atoms with van der Waals surface area (Å²) in [4.78, 5) is 0. The standard InChI is InChI=1S/CH4O3S2.2Na/c1-5-6(2,3)4;;/h1H2,(H2,2,3,4);;/q;2*+1/p-2. The topological polar surface area (TPSA) is 63.2 Å². The third kappa shape index (κ3) is 15.7. The van der Waals surface area contributed by atoms with E-state index in [-0.39, 0.29) is 69.0 Å². The molecule has 0 radical (unpaired) electrons. The van der Waals surface area contributed by atoms with Gasteiger partial charge in [-0.15, -0.1) is 19.0 Å². The van der Waals surface area contributed by atoms with Crippen molar-refractivity contribution >= 4 is 24.8 Å². The number of hydrogen-bond donors (Lipinski definition) is 0. The zero-order chi connectivity index (χ0) is 5.21. The van der Waals surface area contributed by atoms with Crippen LogP contribution in [0.15, 0.2) is 0 Å². The number of hydrogen-bond acceptors (Lipinski definition) is 3. The van der Waals surface area contributed by atoms with Crippen molar-refractivity contribution in [2.75, 3.05) is 0 Å². The van der Waals surface area contributed by atoms with Crippen molar-refractivity contribution < 1.29 is 72.4 Å². The van der Waals surface area contributed by atoms with E-state index in [2.05, 4.69) is 5.87 Å². The van der Waals surface area contributed by atoms with Crippen LogP contribution < -0.4 is 59.1 Å². The van der Waals surface area contributed by atoms with E-state index < -0.39 is 9.05 Å². The Morgan fingerprint density at radius 2 is 1.50 bits per heavy atom. The van der Waals surface area contributed by atoms with Crippen LogP contribution in [-0.2, 0) is 19.0 Å². The fourth-order valence-electron chi connectivity index (χ4n) is 0. The van der Waals surface area contributed by atoms with Gasteiger partial charge in [-0.3, -0.25) is 4.21 Å². The van der Waals surface area contributed by atoms with Crippen LogP contribution in [0.1, 0.15) is 0 Å². The first-order valence-electron chi connectivity index (χ1n) is 0.955. The predicted molar refractivity (Wildman–Crippen MR) is 24.2 cm³/mol. The zero-order valence-corrected chi connectivity index (χ0v) is 10.4. The molecule has 0 fully saturated rings. The molecular weight excluding hydrogens is 170 g/mol. The first-order chi connectivity index (χ1) is 2.56. The summed E-state index contributed by atoms with van der Waals surface area (Å²) in [6, 6.07) is 0. The quantitative estimate of drug-likeness (QED) is 0.269. The Morgan fingerprint density at radius 3 is 1.50 bits per heavy atom. The van der Waals surface area contributed by atoms with E-state index in [1.165, 1.54) is 0 Å². The molecule has 8 heavy (non-hydrogen) atoms. The van der Waals surface area contributed by atoms with Gasteiger partial charge in [0.25, 0.3) is 0 Å². The molecule has 0 aliphatic rings. The second-order valence-corrected chi connectivity index (χ2v) is 3.51. The van der Waals surface area contributed by atoms with E-state index in [0.29, 0.717) is 0 Å². The molecule has 0 saturated carbocycles. The molecule has 0 amide bonds. The fraction of sp³-hybridized carbons (Fsp3) is 0. The van der Waals surface area contributed by atoms with Crippen molar-refractivity contribution in [1.29, 1.82) is 0 Å². The van der Waals surface area contributed by atoms with Gasteiger partial charge < -0.3 is 9.11 Å². The summed E-state index contributed by atoms with van der Waals surface area (Å²) in [7, 11) is -4.06. The minimum Gasteiger partial charge on any atom is -0.781 e. The van der Waals surface area contributed by atoms with Gasteiger partial charge in [0.15, 0.2) is 0 Å². The molecule has 0 heterocycles. The van der Waals surface area contributed by atoms with Crippen LogP contribution in [-0.4, -0.2) is 19.2 Å². The van der Waals surface area contributed by atoms with Crippen molar-refractivity contribution in [2.24, 2.45) is 0 Å². The summed E-state index contributed by atoms with van der Waals surface area (Å²) in [5.74, 6) is 2.77. The average Bonchev–Trinajstić information content (AvgIpc) is 1.35. The van der Waals surface area contributed by atoms with Crippen molar-refractivity contribution in [1.82, 2.24) is 0 Å². The van der Waals surface area contributed by atoms with Gasteiger partial charge in [0, 0.05) is 0 Å². The van der Waals surface area contributed by atoms with Crippen LogP contribution >= 0.6 is 0 Å². The molecule has 0 aromatic rings. The fourth-order valence-corrected chi connectivity index (χ4v) is 0. The minimum atomic E-state index is -4.11. The summed E-state index contributed by atoms with van der Waals surface area (Å²) in [6.07, 6.45) is 0. The summed E-state index contributed by atoms with van der Waals surface area (Å²) in [6.45, 7) is 0. The van der Waals surface area contributed by atoms with Crippen LogP contribution in [0.4, 0.5) is 0 Å². The SMILES string of the molecule is C=S=S(=O)([O-])[O-].[Na+].[Na+]. The Labute approximate surface area is 95.7 Å². The molecule has 0 aromatic heterocycles. The molecule has 0 aliphatic heterocycles. The molecule has 3 nitrogen and oxygen atoms in total. The maximum absolute atomic E-state index is 9.34. The van der Waals surface area contributed by atoms with Crippen molar-refractivity contribution in [3.63, 3.8) is 0 Å². The molecule has 0 spiro atoms. The maximum atomic E-state index is 9.34. The second-order valence-electron chi connectivity index (χ2n) is 0.526. The summed E-state index contributed by atoms with van der Waals surface area (Å²) in [5.41, 5.74) is 0. The summed E-state index contributed by atoms with van der Waals surface area (Å²) < 4.78 is 28.0. The van der Waals surface area contributed by atoms with E-state index in [4.69, 9.17) is 0 Å². The normalized spacial score (nSPS) is 8.25. The molecule has 0 aromatic carbocycles. The third-order valence-corrected chi connectivity index (χ3v) is 1.30. The Bertz CT molecular complexity index is 156. The first kappa shape index (κ1) is 16.6. The molecular formula is CH2Na2O3S2. The van der Waals surface area contributed by atoms with E-state index in [1.54, 1.807) is 0 Å². The van der Waals surface area contributed by atoms with Crippen LogP contribution in [0.3, 0.4) is 0 Å². The van der Waals surface area contributed by atoms with Gasteiger partial charge in [0.2, 0.25) is 0 Å². The second kappa shape index (κ2) is 7.27. The molecule has 0 rings (SSSR count). The molecule has 0 bridgehead atoms. The van der Waals surface area contributed by atoms with Crippen LogP contribution in [0.2, 0.25) is 0 Å². The average molecular weight is 172 g/mol. The molecule has 7 heteroatoms. The molecule has 0 saturated heterocycles. The van der Waals surface area contributed by atoms with Gasteiger partial charge in [-0.25, -0.2) is 0 Å². The van der Waals surface area contributed by atoms with Gasteiger partial charge in [-0.2, -0.15) is 0 Å². The van der Waals surface area contributed by atoms with E-state index >= 15 is 0 Å². The van der Waals surface area contributed by atoms with Crippen molar-refractivity contribution in [2.45, 2.75) is 0 Å². The predicted octanol–water partition coefficient (Wildman–Crippen LogP) is -7.03. The van der Waals surface area contributed by atoms with Crippen LogP contribution in [0, 0.1) is 0 Å². The molecule has 0 unspecified atom stereocenters. The van der Waals surface area contributed by atoms with Gasteiger partial charge >= 0.3 is 59.1 Å². The van der Waals surface area contributed by atoms with Gasteiger partial charge in [-0.1, -0.05) is 0 Å². The van der Waals surface area contributed by atoms with Crippen LogP contribution in [0.5, 0.6) is 0 Å². The summed E-state index contributed by atoms with van der Waals surface area (Å²) >= 11 is 0. The van der Waals surface area contributed by atoms with E-state index in [1.807, 2.05) is 0 Å². The molecule has 0 aliphatic carbocycles. The van der Waals surface area contributed by atoms with Crippen LogP contribution in [0.25, 0.3) is 0 Å². The number of rotatable bonds is 0.